The summed E-state index contributed by atoms with van der Waals surface area (Å²) in [5, 5.41) is 4.56. The van der Waals surface area contributed by atoms with E-state index in [0.29, 0.717) is 22.3 Å². The molecular weight excluding hydrogens is 381 g/mol. The molecule has 0 saturated carbocycles. The Balaban J connectivity index is 1.73. The monoisotopic (exact) mass is 396 g/mol. The van der Waals surface area contributed by atoms with E-state index in [1.807, 2.05) is 19.1 Å². The molecule has 0 unspecified atom stereocenters. The summed E-state index contributed by atoms with van der Waals surface area (Å²) in [4.78, 5) is 16.0. The van der Waals surface area contributed by atoms with Gasteiger partial charge in [0, 0.05) is 10.9 Å². The van der Waals surface area contributed by atoms with Crippen LogP contribution in [0.5, 0.6) is 0 Å². The molecule has 0 atom stereocenters. The van der Waals surface area contributed by atoms with Crippen LogP contribution in [0, 0.1) is 6.92 Å². The van der Waals surface area contributed by atoms with Gasteiger partial charge in [-0.3, -0.25) is 4.79 Å². The second-order valence-corrected chi connectivity index (χ2v) is 6.60. The van der Waals surface area contributed by atoms with Crippen LogP contribution in [-0.2, 0) is 6.18 Å². The van der Waals surface area contributed by atoms with Crippen LogP contribution in [0.2, 0.25) is 0 Å². The highest BCUT2D eigenvalue weighted by molar-refractivity contribution is 5.91. The molecule has 0 saturated heterocycles. The van der Waals surface area contributed by atoms with E-state index < -0.39 is 17.6 Å². The van der Waals surface area contributed by atoms with Gasteiger partial charge in [-0.15, -0.1) is 0 Å². The van der Waals surface area contributed by atoms with Gasteiger partial charge in [0.1, 0.15) is 5.69 Å². The van der Waals surface area contributed by atoms with Crippen molar-refractivity contribution in [2.24, 2.45) is 5.73 Å². The van der Waals surface area contributed by atoms with Gasteiger partial charge in [0.2, 0.25) is 0 Å². The molecule has 1 amide bonds. The van der Waals surface area contributed by atoms with Gasteiger partial charge >= 0.3 is 6.18 Å². The van der Waals surface area contributed by atoms with E-state index in [1.54, 1.807) is 18.2 Å². The fourth-order valence-electron chi connectivity index (χ4n) is 3.20. The zero-order valence-electron chi connectivity index (χ0n) is 15.2. The summed E-state index contributed by atoms with van der Waals surface area (Å²) < 4.78 is 40.1. The lowest BCUT2D eigenvalue weighted by Crippen LogP contribution is -2.17. The molecule has 2 heterocycles. The van der Waals surface area contributed by atoms with E-state index in [0.717, 1.165) is 23.3 Å². The molecule has 4 rings (SSSR count). The Morgan fingerprint density at radius 3 is 2.52 bits per heavy atom. The predicted octanol–water partition coefficient (Wildman–Crippen LogP) is 4.51. The number of primary amides is 1. The molecule has 0 fully saturated rings. The van der Waals surface area contributed by atoms with Crippen LogP contribution < -0.4 is 5.73 Å². The molecule has 0 aliphatic heterocycles. The molecule has 4 aromatic rings. The van der Waals surface area contributed by atoms with Crippen molar-refractivity contribution in [2.45, 2.75) is 13.1 Å². The number of halogens is 3. The van der Waals surface area contributed by atoms with Gasteiger partial charge in [0.05, 0.1) is 28.7 Å². The third-order valence-corrected chi connectivity index (χ3v) is 4.63. The van der Waals surface area contributed by atoms with Gasteiger partial charge in [-0.1, -0.05) is 12.1 Å². The van der Waals surface area contributed by atoms with Crippen molar-refractivity contribution in [3.05, 3.63) is 77.6 Å². The lowest BCUT2D eigenvalue weighted by molar-refractivity contribution is -0.137. The molecule has 0 aliphatic rings. The van der Waals surface area contributed by atoms with Crippen LogP contribution in [0.25, 0.3) is 27.8 Å². The second-order valence-electron chi connectivity index (χ2n) is 6.60. The molecule has 2 N–H and O–H groups in total. The number of fused-ring (bicyclic) bond motifs is 1. The van der Waals surface area contributed by atoms with Crippen LogP contribution in [0.4, 0.5) is 13.2 Å². The van der Waals surface area contributed by atoms with Gasteiger partial charge in [-0.25, -0.2) is 9.67 Å². The molecule has 2 aromatic carbocycles. The van der Waals surface area contributed by atoms with Gasteiger partial charge in [-0.2, -0.15) is 18.3 Å². The van der Waals surface area contributed by atoms with Crippen LogP contribution in [0.3, 0.4) is 0 Å². The highest BCUT2D eigenvalue weighted by Gasteiger charge is 2.30. The predicted molar refractivity (Wildman–Crippen MR) is 103 cm³/mol. The first-order valence-electron chi connectivity index (χ1n) is 8.67. The van der Waals surface area contributed by atoms with Crippen LogP contribution >= 0.6 is 0 Å². The van der Waals surface area contributed by atoms with E-state index >= 15 is 0 Å². The smallest absolute Gasteiger partial charge is 0.364 e. The number of amides is 1. The molecule has 0 bridgehead atoms. The first-order valence-corrected chi connectivity index (χ1v) is 8.67. The van der Waals surface area contributed by atoms with Crippen molar-refractivity contribution in [3.63, 3.8) is 0 Å². The lowest BCUT2D eigenvalue weighted by atomic mass is 10.0. The first kappa shape index (κ1) is 18.7. The summed E-state index contributed by atoms with van der Waals surface area (Å²) in [7, 11) is 0. The Bertz CT molecular complexity index is 1240. The van der Waals surface area contributed by atoms with Crippen LogP contribution in [0.1, 0.15) is 21.6 Å². The van der Waals surface area contributed by atoms with Crippen molar-refractivity contribution < 1.29 is 18.0 Å². The number of pyridine rings is 1. The summed E-state index contributed by atoms with van der Waals surface area (Å²) in [5.74, 6) is -0.583. The Morgan fingerprint density at radius 1 is 1.03 bits per heavy atom. The quantitative estimate of drug-likeness (QED) is 0.554. The van der Waals surface area contributed by atoms with Crippen molar-refractivity contribution in [1.82, 2.24) is 14.8 Å². The highest BCUT2D eigenvalue weighted by Crippen LogP contribution is 2.32. The Hall–Kier alpha value is -3.68. The highest BCUT2D eigenvalue weighted by atomic mass is 19.4. The number of nitrogens with two attached hydrogens (primary N) is 1. The van der Waals surface area contributed by atoms with Crippen LogP contribution in [-0.4, -0.2) is 20.7 Å². The fourth-order valence-corrected chi connectivity index (χ4v) is 3.20. The van der Waals surface area contributed by atoms with Gasteiger partial charge in [0.25, 0.3) is 5.91 Å². The van der Waals surface area contributed by atoms with Crippen molar-refractivity contribution >= 4 is 16.8 Å². The van der Waals surface area contributed by atoms with E-state index in [2.05, 4.69) is 10.1 Å². The number of aryl methyl sites for hydroxylation is 1. The summed E-state index contributed by atoms with van der Waals surface area (Å²) in [6.07, 6.45) is -2.90. The van der Waals surface area contributed by atoms with E-state index in [9.17, 15) is 18.0 Å². The van der Waals surface area contributed by atoms with Gasteiger partial charge in [0.15, 0.2) is 0 Å². The minimum Gasteiger partial charge on any atom is -0.364 e. The third-order valence-electron chi connectivity index (χ3n) is 4.63. The average Bonchev–Trinajstić information content (AvgIpc) is 3.16. The number of nitrogens with zero attached hydrogens (tertiary/aromatic N) is 3. The maximum Gasteiger partial charge on any atom is 0.416 e. The minimum atomic E-state index is -4.39. The van der Waals surface area contributed by atoms with Gasteiger partial charge in [-0.05, 0) is 55.0 Å². The minimum absolute atomic E-state index is 0.269. The number of aromatic nitrogens is 3. The summed E-state index contributed by atoms with van der Waals surface area (Å²) >= 11 is 0. The number of alkyl halides is 3. The number of hydrogen-bond donors (Lipinski definition) is 1. The molecule has 0 spiro atoms. The zero-order chi connectivity index (χ0) is 20.8. The fraction of sp³-hybridized carbons (Fsp3) is 0.0952. The summed E-state index contributed by atoms with van der Waals surface area (Å²) in [6, 6.07) is 13.8. The molecule has 146 valence electrons. The standard InChI is InChI=1S/C21H15F3N4O/c1-12-10-13(3-7-18(12)28-19(20(25)29)8-9-26-28)16-5-2-14-11-15(21(22,23)24)4-6-17(14)27-16/h2-11H,1H3,(H2,25,29). The number of rotatable bonds is 3. The maximum absolute atomic E-state index is 12.9. The molecule has 8 heteroatoms. The molecule has 29 heavy (non-hydrogen) atoms. The number of carbonyl (C=O) groups excluding carboxylic acids is 1. The third kappa shape index (κ3) is 3.44. The summed E-state index contributed by atoms with van der Waals surface area (Å²) in [5.41, 5.74) is 8.37. The molecule has 2 aromatic heterocycles. The second kappa shape index (κ2) is 6.73. The van der Waals surface area contributed by atoms with Crippen molar-refractivity contribution in [2.75, 3.05) is 0 Å². The Morgan fingerprint density at radius 2 is 1.83 bits per heavy atom. The number of carbonyl (C=O) groups is 1. The molecule has 0 aliphatic carbocycles. The van der Waals surface area contributed by atoms with Crippen molar-refractivity contribution in [3.8, 4) is 16.9 Å². The van der Waals surface area contributed by atoms with Crippen LogP contribution in [0.15, 0.2) is 60.8 Å². The average molecular weight is 396 g/mol. The maximum atomic E-state index is 12.9. The van der Waals surface area contributed by atoms with Crippen molar-refractivity contribution in [1.29, 1.82) is 0 Å². The molecule has 0 radical (unpaired) electrons. The normalized spacial score (nSPS) is 11.7. The Kier molecular flexibility index (Phi) is 4.34. The summed E-state index contributed by atoms with van der Waals surface area (Å²) in [6.45, 7) is 1.86. The first-order chi connectivity index (χ1) is 13.7. The molecule has 5 nitrogen and oxygen atoms in total. The lowest BCUT2D eigenvalue weighted by Gasteiger charge is -2.11. The zero-order valence-corrected chi connectivity index (χ0v) is 15.2. The van der Waals surface area contributed by atoms with E-state index in [4.69, 9.17) is 5.73 Å². The van der Waals surface area contributed by atoms with E-state index in [-0.39, 0.29) is 5.69 Å². The van der Waals surface area contributed by atoms with Gasteiger partial charge < -0.3 is 5.73 Å². The molecular formula is C21H15F3N4O. The number of benzene rings is 2. The number of hydrogen-bond acceptors (Lipinski definition) is 3. The largest absolute Gasteiger partial charge is 0.416 e. The van der Waals surface area contributed by atoms with E-state index in [1.165, 1.54) is 23.0 Å². The SMILES string of the molecule is Cc1cc(-c2ccc3cc(C(F)(F)F)ccc3n2)ccc1-n1nccc1C(N)=O. The topological polar surface area (TPSA) is 73.8 Å². The Labute approximate surface area is 163 Å².